The molecule has 2 aromatic carbocycles. The second kappa shape index (κ2) is 10.6. The Balaban J connectivity index is 1.54. The number of halogens is 1. The molecule has 8 nitrogen and oxygen atoms in total. The monoisotopic (exact) mass is 481 g/mol. The van der Waals surface area contributed by atoms with Gasteiger partial charge in [0.2, 0.25) is 5.96 Å². The summed E-state index contributed by atoms with van der Waals surface area (Å²) in [6.45, 7) is 8.46. The number of rotatable bonds is 6. The molecule has 1 aromatic heterocycles. The number of guanidine groups is 1. The maximum Gasteiger partial charge on any atom is 0.258 e. The Bertz CT molecular complexity index is 1220. The van der Waals surface area contributed by atoms with Crippen molar-refractivity contribution in [2.75, 3.05) is 25.1 Å². The summed E-state index contributed by atoms with van der Waals surface area (Å²) in [5, 5.41) is 11.1. The van der Waals surface area contributed by atoms with Crippen molar-refractivity contribution in [2.24, 2.45) is 4.99 Å². The largest absolute Gasteiger partial charge is 0.486 e. The Morgan fingerprint density at radius 2 is 1.94 bits per heavy atom. The first kappa shape index (κ1) is 23.6. The Kier molecular flexibility index (Phi) is 7.37. The van der Waals surface area contributed by atoms with Crippen LogP contribution >= 0.6 is 11.6 Å². The van der Waals surface area contributed by atoms with E-state index < -0.39 is 0 Å². The highest BCUT2D eigenvalue weighted by molar-refractivity contribution is 6.31. The van der Waals surface area contributed by atoms with E-state index >= 15 is 0 Å². The van der Waals surface area contributed by atoms with Crippen LogP contribution in [0.3, 0.4) is 0 Å². The van der Waals surface area contributed by atoms with Crippen LogP contribution in [0.1, 0.15) is 34.2 Å². The van der Waals surface area contributed by atoms with Crippen molar-refractivity contribution >= 4 is 29.2 Å². The van der Waals surface area contributed by atoms with Crippen molar-refractivity contribution in [3.05, 3.63) is 70.0 Å². The van der Waals surface area contributed by atoms with E-state index in [0.29, 0.717) is 54.2 Å². The number of nitrogens with zero attached hydrogens (tertiary/aromatic N) is 3. The number of fused-ring (bicyclic) bond motifs is 1. The molecule has 0 radical (unpaired) electrons. The van der Waals surface area contributed by atoms with Crippen molar-refractivity contribution in [1.29, 1.82) is 0 Å². The zero-order valence-corrected chi connectivity index (χ0v) is 20.3. The second-order valence-electron chi connectivity index (χ2n) is 7.89. The summed E-state index contributed by atoms with van der Waals surface area (Å²) < 4.78 is 13.3. The zero-order valence-electron chi connectivity index (χ0n) is 19.5. The van der Waals surface area contributed by atoms with Crippen molar-refractivity contribution in [2.45, 2.75) is 33.7 Å². The molecule has 1 aliphatic heterocycles. The molecule has 0 bridgehead atoms. The summed E-state index contributed by atoms with van der Waals surface area (Å²) >= 11 is 6.06. The average molecular weight is 482 g/mol. The Morgan fingerprint density at radius 1 is 1.15 bits per heavy atom. The molecule has 2 N–H and O–H groups in total. The van der Waals surface area contributed by atoms with Crippen LogP contribution < -0.4 is 20.1 Å². The maximum absolute atomic E-state index is 12.9. The standard InChI is InChI=1S/C25H28ClN5O3/c1-4-31-17(3)21(16(2)30-31)10-11-27-25(29-24(32)18-6-5-7-19(26)14-18)28-20-8-9-22-23(15-20)34-13-12-33-22/h5-9,14-15H,4,10-13H2,1-3H3,(H2,27,28,29,32). The van der Waals surface area contributed by atoms with Gasteiger partial charge in [0.05, 0.1) is 5.69 Å². The van der Waals surface area contributed by atoms with Gasteiger partial charge >= 0.3 is 0 Å². The minimum atomic E-state index is -0.308. The van der Waals surface area contributed by atoms with Gasteiger partial charge in [-0.2, -0.15) is 5.10 Å². The number of anilines is 1. The fourth-order valence-corrected chi connectivity index (χ4v) is 4.05. The number of carbonyl (C=O) groups excluding carboxylic acids is 1. The van der Waals surface area contributed by atoms with Crippen LogP contribution in [-0.2, 0) is 13.0 Å². The predicted octanol–water partition coefficient (Wildman–Crippen LogP) is 4.39. The van der Waals surface area contributed by atoms with Crippen LogP contribution in [0.15, 0.2) is 47.5 Å². The molecular weight excluding hydrogens is 454 g/mol. The fourth-order valence-electron chi connectivity index (χ4n) is 3.86. The van der Waals surface area contributed by atoms with Gasteiger partial charge < -0.3 is 14.8 Å². The smallest absolute Gasteiger partial charge is 0.258 e. The van der Waals surface area contributed by atoms with E-state index in [4.69, 9.17) is 21.1 Å². The first-order valence-electron chi connectivity index (χ1n) is 11.3. The number of hydrogen-bond donors (Lipinski definition) is 2. The van der Waals surface area contributed by atoms with Crippen molar-refractivity contribution in [3.8, 4) is 11.5 Å². The van der Waals surface area contributed by atoms with E-state index in [1.165, 1.54) is 5.56 Å². The number of aliphatic imine (C=N–C) groups is 1. The predicted molar refractivity (Wildman–Crippen MR) is 133 cm³/mol. The topological polar surface area (TPSA) is 89.8 Å². The number of nitrogens with one attached hydrogen (secondary N) is 2. The Hall–Kier alpha value is -3.52. The minimum Gasteiger partial charge on any atom is -0.486 e. The molecular formula is C25H28ClN5O3. The Labute approximate surface area is 203 Å². The van der Waals surface area contributed by atoms with E-state index in [-0.39, 0.29) is 5.91 Å². The summed E-state index contributed by atoms with van der Waals surface area (Å²) in [5.41, 5.74) is 4.48. The summed E-state index contributed by atoms with van der Waals surface area (Å²) in [4.78, 5) is 17.5. The lowest BCUT2D eigenvalue weighted by Gasteiger charge is -2.19. The molecule has 0 unspecified atom stereocenters. The van der Waals surface area contributed by atoms with Gasteiger partial charge in [0, 0.05) is 41.1 Å². The van der Waals surface area contributed by atoms with Crippen LogP contribution in [0.4, 0.5) is 5.69 Å². The number of benzene rings is 2. The van der Waals surface area contributed by atoms with E-state index in [9.17, 15) is 4.79 Å². The zero-order chi connectivity index (χ0) is 24.1. The molecule has 0 atom stereocenters. The summed E-state index contributed by atoms with van der Waals surface area (Å²) in [6.07, 6.45) is 0.705. The second-order valence-corrected chi connectivity index (χ2v) is 8.33. The molecule has 2 heterocycles. The highest BCUT2D eigenvalue weighted by atomic mass is 35.5. The van der Waals surface area contributed by atoms with Gasteiger partial charge in [-0.15, -0.1) is 0 Å². The first-order valence-corrected chi connectivity index (χ1v) is 11.6. The molecule has 1 aliphatic rings. The number of amides is 1. The van der Waals surface area contributed by atoms with Gasteiger partial charge in [0.15, 0.2) is 11.5 Å². The third-order valence-electron chi connectivity index (χ3n) is 5.59. The third kappa shape index (κ3) is 5.51. The van der Waals surface area contributed by atoms with Crippen LogP contribution in [0, 0.1) is 13.8 Å². The fraction of sp³-hybridized carbons (Fsp3) is 0.320. The lowest BCUT2D eigenvalue weighted by atomic mass is 10.1. The van der Waals surface area contributed by atoms with Gasteiger partial charge in [0.1, 0.15) is 13.2 Å². The quantitative estimate of drug-likeness (QED) is 0.402. The van der Waals surface area contributed by atoms with E-state index in [2.05, 4.69) is 34.6 Å². The SMILES string of the molecule is CCn1nc(C)c(CCN=C(NC(=O)c2cccc(Cl)c2)Nc2ccc3c(c2)OCCO3)c1C. The van der Waals surface area contributed by atoms with Crippen molar-refractivity contribution in [1.82, 2.24) is 15.1 Å². The van der Waals surface area contributed by atoms with Crippen molar-refractivity contribution < 1.29 is 14.3 Å². The number of aryl methyl sites for hydroxylation is 2. The molecule has 4 rings (SSSR count). The van der Waals surface area contributed by atoms with Gasteiger partial charge in [-0.05, 0) is 63.1 Å². The van der Waals surface area contributed by atoms with Crippen LogP contribution in [0.2, 0.25) is 5.02 Å². The molecule has 34 heavy (non-hydrogen) atoms. The minimum absolute atomic E-state index is 0.308. The molecule has 0 aliphatic carbocycles. The molecule has 0 fully saturated rings. The molecule has 0 spiro atoms. The van der Waals surface area contributed by atoms with E-state index in [0.717, 1.165) is 23.6 Å². The molecule has 3 aromatic rings. The lowest BCUT2D eigenvalue weighted by Crippen LogP contribution is -2.36. The summed E-state index contributed by atoms with van der Waals surface area (Å²) in [5.74, 6) is 1.37. The first-order chi connectivity index (χ1) is 16.4. The third-order valence-corrected chi connectivity index (χ3v) is 5.82. The van der Waals surface area contributed by atoms with Crippen LogP contribution in [-0.4, -0.2) is 41.4 Å². The van der Waals surface area contributed by atoms with Crippen molar-refractivity contribution in [3.63, 3.8) is 0 Å². The van der Waals surface area contributed by atoms with Gasteiger partial charge in [-0.1, -0.05) is 17.7 Å². The highest BCUT2D eigenvalue weighted by Crippen LogP contribution is 2.32. The Morgan fingerprint density at radius 3 is 2.68 bits per heavy atom. The van der Waals surface area contributed by atoms with Gasteiger partial charge in [-0.25, -0.2) is 0 Å². The summed E-state index contributed by atoms with van der Waals surface area (Å²) in [7, 11) is 0. The number of carbonyl (C=O) groups is 1. The highest BCUT2D eigenvalue weighted by Gasteiger charge is 2.15. The average Bonchev–Trinajstić information content (AvgIpc) is 3.11. The number of hydrogen-bond acceptors (Lipinski definition) is 5. The van der Waals surface area contributed by atoms with Gasteiger partial charge in [-0.3, -0.25) is 19.8 Å². The van der Waals surface area contributed by atoms with E-state index in [1.807, 2.05) is 29.8 Å². The number of ether oxygens (including phenoxy) is 2. The summed E-state index contributed by atoms with van der Waals surface area (Å²) in [6, 6.07) is 12.3. The van der Waals surface area contributed by atoms with Crippen LogP contribution in [0.25, 0.3) is 0 Å². The number of aromatic nitrogens is 2. The molecule has 178 valence electrons. The van der Waals surface area contributed by atoms with Gasteiger partial charge in [0.25, 0.3) is 5.91 Å². The molecule has 9 heteroatoms. The molecule has 0 saturated heterocycles. The lowest BCUT2D eigenvalue weighted by molar-refractivity contribution is 0.0977. The normalized spacial score (nSPS) is 13.0. The molecule has 1 amide bonds. The molecule has 0 saturated carbocycles. The van der Waals surface area contributed by atoms with E-state index in [1.54, 1.807) is 24.3 Å². The van der Waals surface area contributed by atoms with Crippen LogP contribution in [0.5, 0.6) is 11.5 Å². The maximum atomic E-state index is 12.9.